The second kappa shape index (κ2) is 9.86. The van der Waals surface area contributed by atoms with Crippen molar-refractivity contribution >= 4 is 40.8 Å². The smallest absolute Gasteiger partial charge is 0.326 e. The van der Waals surface area contributed by atoms with Crippen LogP contribution in [-0.4, -0.2) is 11.9 Å². The van der Waals surface area contributed by atoms with E-state index in [1.54, 1.807) is 24.3 Å². The molecular weight excluding hydrogens is 459 g/mol. The van der Waals surface area contributed by atoms with E-state index >= 15 is 0 Å². The Morgan fingerprint density at radius 2 is 1.55 bits per heavy atom. The maximum atomic E-state index is 12.4. The Hall–Kier alpha value is -3.02. The molecule has 170 valence electrons. The molecule has 33 heavy (non-hydrogen) atoms. The molecule has 0 aromatic heterocycles. The first-order valence-corrected chi connectivity index (χ1v) is 11.6. The van der Waals surface area contributed by atoms with Gasteiger partial charge in [-0.2, -0.15) is 0 Å². The van der Waals surface area contributed by atoms with E-state index in [1.807, 2.05) is 38.1 Å². The third kappa shape index (κ3) is 5.15. The first-order chi connectivity index (χ1) is 15.8. The highest BCUT2D eigenvalue weighted by Crippen LogP contribution is 2.39. The van der Waals surface area contributed by atoms with E-state index in [0.29, 0.717) is 5.69 Å². The molecule has 1 aliphatic carbocycles. The zero-order valence-electron chi connectivity index (χ0n) is 18.4. The topological polar surface area (TPSA) is 67.4 Å². The minimum absolute atomic E-state index is 0.233. The van der Waals surface area contributed by atoms with E-state index in [9.17, 15) is 9.59 Å². The molecule has 3 aromatic rings. The Bertz CT molecular complexity index is 1220. The quantitative estimate of drug-likeness (QED) is 0.411. The molecule has 0 unspecified atom stereocenters. The largest absolute Gasteiger partial charge is 0.457 e. The molecule has 1 aliphatic rings. The van der Waals surface area contributed by atoms with Crippen LogP contribution in [0.1, 0.15) is 45.5 Å². The number of nitrogens with one attached hydrogen (secondary N) is 2. The van der Waals surface area contributed by atoms with Gasteiger partial charge in [0.25, 0.3) is 5.91 Å². The number of ether oxygens (including phenoxy) is 1. The molecule has 4 rings (SSSR count). The van der Waals surface area contributed by atoms with Crippen LogP contribution in [0.15, 0.2) is 48.5 Å². The Labute approximate surface area is 203 Å². The number of rotatable bonds is 4. The maximum absolute atomic E-state index is 12.4. The molecule has 0 bridgehead atoms. The normalized spacial score (nSPS) is 12.6. The van der Waals surface area contributed by atoms with Gasteiger partial charge in [-0.25, -0.2) is 4.79 Å². The lowest BCUT2D eigenvalue weighted by atomic mass is 9.91. The molecule has 5 nitrogen and oxygen atoms in total. The Balaban J connectivity index is 1.49. The second-order valence-corrected chi connectivity index (χ2v) is 8.95. The van der Waals surface area contributed by atoms with Gasteiger partial charge in [0, 0.05) is 10.7 Å². The summed E-state index contributed by atoms with van der Waals surface area (Å²) in [6, 6.07) is 13.3. The summed E-state index contributed by atoms with van der Waals surface area (Å²) in [5.41, 5.74) is 4.86. The van der Waals surface area contributed by atoms with Gasteiger partial charge in [-0.15, -0.1) is 0 Å². The van der Waals surface area contributed by atoms with Crippen molar-refractivity contribution in [2.24, 2.45) is 0 Å². The van der Waals surface area contributed by atoms with E-state index in [2.05, 4.69) is 10.6 Å². The molecule has 2 N–H and O–H groups in total. The standard InChI is InChI=1S/C26H24Cl2N2O3/c1-15-13-17(29-26(32)30-25(31)20-9-5-6-10-21(20)27)14-16(2)24(15)33-23-12-11-22(28)18-7-3-4-8-19(18)23/h5-6,9-14H,3-4,7-8H2,1-2H3,(H2,29,30,31,32). The lowest BCUT2D eigenvalue weighted by Gasteiger charge is -2.22. The zero-order chi connectivity index (χ0) is 23.5. The molecule has 3 amide bonds. The highest BCUT2D eigenvalue weighted by molar-refractivity contribution is 6.34. The molecule has 3 aromatic carbocycles. The van der Waals surface area contributed by atoms with Crippen molar-refractivity contribution in [3.05, 3.63) is 86.4 Å². The average Bonchev–Trinajstić information content (AvgIpc) is 2.78. The highest BCUT2D eigenvalue weighted by Gasteiger charge is 2.19. The fourth-order valence-corrected chi connectivity index (χ4v) is 4.65. The number of amides is 3. The van der Waals surface area contributed by atoms with Gasteiger partial charge in [0.2, 0.25) is 0 Å². The van der Waals surface area contributed by atoms with Crippen LogP contribution in [-0.2, 0) is 12.8 Å². The monoisotopic (exact) mass is 482 g/mol. The fraction of sp³-hybridized carbons (Fsp3) is 0.231. The minimum Gasteiger partial charge on any atom is -0.457 e. The van der Waals surface area contributed by atoms with Crippen LogP contribution in [0.25, 0.3) is 0 Å². The van der Waals surface area contributed by atoms with Crippen molar-refractivity contribution in [2.75, 3.05) is 5.32 Å². The molecule has 7 heteroatoms. The number of imide groups is 1. The van der Waals surface area contributed by atoms with Crippen LogP contribution < -0.4 is 15.4 Å². The first kappa shape index (κ1) is 23.1. The van der Waals surface area contributed by atoms with Crippen LogP contribution in [0, 0.1) is 13.8 Å². The van der Waals surface area contributed by atoms with Crippen molar-refractivity contribution in [2.45, 2.75) is 39.5 Å². The third-order valence-corrected chi connectivity index (χ3v) is 6.39. The molecule has 0 aliphatic heterocycles. The number of aryl methyl sites for hydroxylation is 2. The summed E-state index contributed by atoms with van der Waals surface area (Å²) in [4.78, 5) is 24.7. The number of hydrogen-bond donors (Lipinski definition) is 2. The van der Waals surface area contributed by atoms with Crippen LogP contribution >= 0.6 is 23.2 Å². The van der Waals surface area contributed by atoms with E-state index < -0.39 is 11.9 Å². The average molecular weight is 483 g/mol. The lowest BCUT2D eigenvalue weighted by molar-refractivity contribution is 0.0967. The predicted octanol–water partition coefficient (Wildman–Crippen LogP) is 7.24. The van der Waals surface area contributed by atoms with Gasteiger partial charge < -0.3 is 10.1 Å². The van der Waals surface area contributed by atoms with Gasteiger partial charge in [-0.1, -0.05) is 35.3 Å². The maximum Gasteiger partial charge on any atom is 0.326 e. The molecule has 0 saturated carbocycles. The minimum atomic E-state index is -0.640. The number of carbonyl (C=O) groups excluding carboxylic acids is 2. The van der Waals surface area contributed by atoms with Gasteiger partial charge in [0.15, 0.2) is 0 Å². The van der Waals surface area contributed by atoms with Crippen LogP contribution in [0.3, 0.4) is 0 Å². The van der Waals surface area contributed by atoms with Gasteiger partial charge >= 0.3 is 6.03 Å². The molecule has 0 radical (unpaired) electrons. The zero-order valence-corrected chi connectivity index (χ0v) is 19.9. The number of hydrogen-bond acceptors (Lipinski definition) is 3. The Kier molecular flexibility index (Phi) is 6.91. The number of carbonyl (C=O) groups is 2. The van der Waals surface area contributed by atoms with Crippen molar-refractivity contribution in [3.8, 4) is 11.5 Å². The summed E-state index contributed by atoms with van der Waals surface area (Å²) in [5.74, 6) is 0.992. The first-order valence-electron chi connectivity index (χ1n) is 10.8. The van der Waals surface area contributed by atoms with Crippen molar-refractivity contribution in [1.82, 2.24) is 5.32 Å². The predicted molar refractivity (Wildman–Crippen MR) is 132 cm³/mol. The number of halogens is 2. The van der Waals surface area contributed by atoms with E-state index in [1.165, 1.54) is 11.1 Å². The second-order valence-electron chi connectivity index (χ2n) is 8.14. The van der Waals surface area contributed by atoms with Gasteiger partial charge in [0.1, 0.15) is 11.5 Å². The molecule has 0 saturated heterocycles. The van der Waals surface area contributed by atoms with Crippen molar-refractivity contribution < 1.29 is 14.3 Å². The fourth-order valence-electron chi connectivity index (χ4n) is 4.16. The summed E-state index contributed by atoms with van der Waals surface area (Å²) in [5, 5.41) is 6.08. The Morgan fingerprint density at radius 3 is 2.24 bits per heavy atom. The molecular formula is C26H24Cl2N2O3. The molecule has 0 fully saturated rings. The van der Waals surface area contributed by atoms with E-state index in [4.69, 9.17) is 27.9 Å². The van der Waals surface area contributed by atoms with Crippen LogP contribution in [0.4, 0.5) is 10.5 Å². The third-order valence-electron chi connectivity index (χ3n) is 5.71. The summed E-state index contributed by atoms with van der Waals surface area (Å²) in [6.45, 7) is 3.84. The number of benzene rings is 3. The number of urea groups is 1. The Morgan fingerprint density at radius 1 is 0.879 bits per heavy atom. The van der Waals surface area contributed by atoms with Crippen LogP contribution in [0.5, 0.6) is 11.5 Å². The summed E-state index contributed by atoms with van der Waals surface area (Å²) in [7, 11) is 0. The van der Waals surface area contributed by atoms with E-state index in [0.717, 1.165) is 53.3 Å². The van der Waals surface area contributed by atoms with E-state index in [-0.39, 0.29) is 10.6 Å². The van der Waals surface area contributed by atoms with Gasteiger partial charge in [-0.05, 0) is 98.2 Å². The van der Waals surface area contributed by atoms with Crippen LogP contribution in [0.2, 0.25) is 10.0 Å². The summed E-state index contributed by atoms with van der Waals surface area (Å²) in [6.07, 6.45) is 4.17. The van der Waals surface area contributed by atoms with Gasteiger partial charge in [-0.3, -0.25) is 10.1 Å². The van der Waals surface area contributed by atoms with Crippen molar-refractivity contribution in [3.63, 3.8) is 0 Å². The summed E-state index contributed by atoms with van der Waals surface area (Å²) < 4.78 is 6.33. The molecule has 0 spiro atoms. The lowest BCUT2D eigenvalue weighted by Crippen LogP contribution is -2.34. The highest BCUT2D eigenvalue weighted by atomic mass is 35.5. The SMILES string of the molecule is Cc1cc(NC(=O)NC(=O)c2ccccc2Cl)cc(C)c1Oc1ccc(Cl)c2c1CCCC2. The van der Waals surface area contributed by atoms with Gasteiger partial charge in [0.05, 0.1) is 10.6 Å². The summed E-state index contributed by atoms with van der Waals surface area (Å²) >= 11 is 12.4. The molecule has 0 atom stereocenters. The number of anilines is 1. The molecule has 0 heterocycles. The number of fused-ring (bicyclic) bond motifs is 1. The van der Waals surface area contributed by atoms with Crippen molar-refractivity contribution in [1.29, 1.82) is 0 Å².